The largest absolute Gasteiger partial charge is 0.373 e. The van der Waals surface area contributed by atoms with Gasteiger partial charge in [-0.2, -0.15) is 0 Å². The van der Waals surface area contributed by atoms with E-state index in [1.54, 1.807) is 0 Å². The molecule has 1 fully saturated rings. The van der Waals surface area contributed by atoms with Crippen molar-refractivity contribution < 1.29 is 0 Å². The highest BCUT2D eigenvalue weighted by molar-refractivity contribution is 5.61. The number of nitrogens with zero attached hydrogens (tertiary/aromatic N) is 3. The molecule has 1 aliphatic rings. The van der Waals surface area contributed by atoms with Crippen molar-refractivity contribution in [3.8, 4) is 11.4 Å². The van der Waals surface area contributed by atoms with Gasteiger partial charge in [0.15, 0.2) is 5.82 Å². The quantitative estimate of drug-likeness (QED) is 0.912. The maximum Gasteiger partial charge on any atom is 0.163 e. The molecule has 110 valence electrons. The summed E-state index contributed by atoms with van der Waals surface area (Å²) in [6.07, 6.45) is 2.67. The number of hydrogen-bond acceptors (Lipinski definition) is 4. The van der Waals surface area contributed by atoms with Crippen molar-refractivity contribution in [3.05, 3.63) is 36.4 Å². The van der Waals surface area contributed by atoms with Gasteiger partial charge in [-0.25, -0.2) is 9.97 Å². The van der Waals surface area contributed by atoms with E-state index < -0.39 is 0 Å². The van der Waals surface area contributed by atoms with Crippen molar-refractivity contribution in [2.75, 3.05) is 24.3 Å². The predicted octanol–water partition coefficient (Wildman–Crippen LogP) is 3.42. The Morgan fingerprint density at radius 1 is 1.19 bits per heavy atom. The topological polar surface area (TPSA) is 41.0 Å². The van der Waals surface area contributed by atoms with Crippen molar-refractivity contribution >= 4 is 11.6 Å². The van der Waals surface area contributed by atoms with Crippen molar-refractivity contribution in [3.63, 3.8) is 0 Å². The lowest BCUT2D eigenvalue weighted by molar-refractivity contribution is 0.604. The maximum absolute atomic E-state index is 4.76. The standard InChI is InChI=1S/C17H22N4/c1-12(13-9-10-13)21(3)16-11-15(18-2)19-17(20-16)14-7-5-4-6-8-14/h4-8,11-13H,9-10H2,1-3H3,(H,18,19,20). The van der Waals surface area contributed by atoms with Gasteiger partial charge in [-0.05, 0) is 25.7 Å². The highest BCUT2D eigenvalue weighted by Gasteiger charge is 2.31. The fraction of sp³-hybridized carbons (Fsp3) is 0.412. The molecule has 1 unspecified atom stereocenters. The molecule has 1 aliphatic carbocycles. The second-order valence-corrected chi connectivity index (χ2v) is 5.74. The van der Waals surface area contributed by atoms with Crippen molar-refractivity contribution in [1.82, 2.24) is 9.97 Å². The number of rotatable bonds is 5. The van der Waals surface area contributed by atoms with Crippen LogP contribution in [0.4, 0.5) is 11.6 Å². The summed E-state index contributed by atoms with van der Waals surface area (Å²) in [6, 6.07) is 12.7. The van der Waals surface area contributed by atoms with Crippen LogP contribution in [0.3, 0.4) is 0 Å². The molecule has 1 heterocycles. The van der Waals surface area contributed by atoms with E-state index >= 15 is 0 Å². The van der Waals surface area contributed by atoms with Crippen molar-refractivity contribution in [1.29, 1.82) is 0 Å². The molecule has 0 radical (unpaired) electrons. The minimum absolute atomic E-state index is 0.522. The molecule has 0 saturated heterocycles. The molecule has 0 spiro atoms. The molecule has 0 amide bonds. The molecular weight excluding hydrogens is 260 g/mol. The Kier molecular flexibility index (Phi) is 3.78. The number of aromatic nitrogens is 2. The second-order valence-electron chi connectivity index (χ2n) is 5.74. The van der Waals surface area contributed by atoms with Gasteiger partial charge in [0.05, 0.1) is 0 Å². The van der Waals surface area contributed by atoms with E-state index in [9.17, 15) is 0 Å². The fourth-order valence-corrected chi connectivity index (χ4v) is 2.56. The Morgan fingerprint density at radius 2 is 1.90 bits per heavy atom. The van der Waals surface area contributed by atoms with Crippen molar-refractivity contribution in [2.45, 2.75) is 25.8 Å². The van der Waals surface area contributed by atoms with E-state index in [2.05, 4.69) is 29.2 Å². The van der Waals surface area contributed by atoms with E-state index in [-0.39, 0.29) is 0 Å². The molecule has 4 heteroatoms. The van der Waals surface area contributed by atoms with E-state index in [1.807, 2.05) is 43.4 Å². The van der Waals surface area contributed by atoms with Crippen LogP contribution in [0.25, 0.3) is 11.4 Å². The van der Waals surface area contributed by atoms with Crippen LogP contribution in [0.2, 0.25) is 0 Å². The van der Waals surface area contributed by atoms with Gasteiger partial charge in [0, 0.05) is 31.8 Å². The minimum Gasteiger partial charge on any atom is -0.373 e. The van der Waals surface area contributed by atoms with E-state index in [0.717, 1.165) is 28.9 Å². The lowest BCUT2D eigenvalue weighted by Gasteiger charge is -2.26. The van der Waals surface area contributed by atoms with Crippen LogP contribution >= 0.6 is 0 Å². The molecule has 2 aromatic rings. The zero-order valence-corrected chi connectivity index (χ0v) is 12.9. The molecular formula is C17H22N4. The molecule has 1 aromatic carbocycles. The summed E-state index contributed by atoms with van der Waals surface area (Å²) in [6.45, 7) is 2.28. The molecule has 1 saturated carbocycles. The Labute approximate surface area is 126 Å². The third-order valence-corrected chi connectivity index (χ3v) is 4.28. The fourth-order valence-electron chi connectivity index (χ4n) is 2.56. The Morgan fingerprint density at radius 3 is 2.52 bits per heavy atom. The summed E-state index contributed by atoms with van der Waals surface area (Å²) in [4.78, 5) is 11.6. The zero-order valence-electron chi connectivity index (χ0n) is 12.9. The average Bonchev–Trinajstić information content (AvgIpc) is 3.38. The van der Waals surface area contributed by atoms with Gasteiger partial charge in [0.2, 0.25) is 0 Å². The van der Waals surface area contributed by atoms with E-state index in [1.165, 1.54) is 12.8 Å². The Balaban J connectivity index is 1.96. The maximum atomic E-state index is 4.76. The SMILES string of the molecule is CNc1cc(N(C)C(C)C2CC2)nc(-c2ccccc2)n1. The number of benzene rings is 1. The lowest BCUT2D eigenvalue weighted by Crippen LogP contribution is -2.31. The molecule has 21 heavy (non-hydrogen) atoms. The van der Waals surface area contributed by atoms with Crippen LogP contribution < -0.4 is 10.2 Å². The zero-order chi connectivity index (χ0) is 14.8. The molecule has 3 rings (SSSR count). The van der Waals surface area contributed by atoms with Gasteiger partial charge in [-0.3, -0.25) is 0 Å². The van der Waals surface area contributed by atoms with Gasteiger partial charge in [0.25, 0.3) is 0 Å². The van der Waals surface area contributed by atoms with Gasteiger partial charge in [-0.1, -0.05) is 30.3 Å². The number of nitrogens with one attached hydrogen (secondary N) is 1. The molecule has 1 N–H and O–H groups in total. The van der Waals surface area contributed by atoms with Crippen LogP contribution in [0.5, 0.6) is 0 Å². The number of hydrogen-bond donors (Lipinski definition) is 1. The van der Waals surface area contributed by atoms with Crippen LogP contribution in [0, 0.1) is 5.92 Å². The molecule has 0 aliphatic heterocycles. The van der Waals surface area contributed by atoms with Gasteiger partial charge in [-0.15, -0.1) is 0 Å². The minimum atomic E-state index is 0.522. The first-order valence-electron chi connectivity index (χ1n) is 7.54. The van der Waals surface area contributed by atoms with Gasteiger partial charge in [0.1, 0.15) is 11.6 Å². The normalized spacial score (nSPS) is 15.6. The Hall–Kier alpha value is -2.10. The molecule has 1 aromatic heterocycles. The summed E-state index contributed by atoms with van der Waals surface area (Å²) in [5.74, 6) is 3.41. The predicted molar refractivity (Wildman–Crippen MR) is 87.6 cm³/mol. The highest BCUT2D eigenvalue weighted by atomic mass is 15.2. The first-order chi connectivity index (χ1) is 10.2. The lowest BCUT2D eigenvalue weighted by atomic mass is 10.2. The van der Waals surface area contributed by atoms with Gasteiger partial charge >= 0.3 is 0 Å². The first kappa shape index (κ1) is 13.9. The Bertz CT molecular complexity index is 607. The highest BCUT2D eigenvalue weighted by Crippen LogP contribution is 2.36. The smallest absolute Gasteiger partial charge is 0.163 e. The van der Waals surface area contributed by atoms with Gasteiger partial charge < -0.3 is 10.2 Å². The third kappa shape index (κ3) is 2.99. The summed E-state index contributed by atoms with van der Waals surface area (Å²) < 4.78 is 0. The molecule has 1 atom stereocenters. The summed E-state index contributed by atoms with van der Waals surface area (Å²) in [7, 11) is 4.02. The molecule has 0 bridgehead atoms. The van der Waals surface area contributed by atoms with Crippen molar-refractivity contribution in [2.24, 2.45) is 5.92 Å². The van der Waals surface area contributed by atoms with Crippen LogP contribution in [0.1, 0.15) is 19.8 Å². The third-order valence-electron chi connectivity index (χ3n) is 4.28. The first-order valence-corrected chi connectivity index (χ1v) is 7.54. The van der Waals surface area contributed by atoms with E-state index in [4.69, 9.17) is 4.98 Å². The number of anilines is 2. The average molecular weight is 282 g/mol. The second kappa shape index (κ2) is 5.72. The monoisotopic (exact) mass is 282 g/mol. The summed E-state index contributed by atoms with van der Waals surface area (Å²) in [5.41, 5.74) is 1.04. The summed E-state index contributed by atoms with van der Waals surface area (Å²) in [5, 5.41) is 3.14. The van der Waals surface area contributed by atoms with Crippen LogP contribution in [-0.2, 0) is 0 Å². The van der Waals surface area contributed by atoms with Crippen LogP contribution in [0.15, 0.2) is 36.4 Å². The van der Waals surface area contributed by atoms with Crippen LogP contribution in [-0.4, -0.2) is 30.1 Å². The molecule has 4 nitrogen and oxygen atoms in total. The summed E-state index contributed by atoms with van der Waals surface area (Å²) >= 11 is 0. The van der Waals surface area contributed by atoms with E-state index in [0.29, 0.717) is 6.04 Å².